The van der Waals surface area contributed by atoms with Crippen molar-refractivity contribution in [2.75, 3.05) is 0 Å². The Bertz CT molecular complexity index is 100. The largest absolute Gasteiger partial charge is 0.237 e. The lowest BCUT2D eigenvalue weighted by Crippen LogP contribution is -2.07. The fraction of sp³-hybridized carbons (Fsp3) is 1.00. The van der Waals surface area contributed by atoms with Crippen LogP contribution in [0, 0.1) is 5.92 Å². The third kappa shape index (κ3) is 4.39. The highest BCUT2D eigenvalue weighted by molar-refractivity contribution is 7.33. The summed E-state index contributed by atoms with van der Waals surface area (Å²) in [6.45, 7) is 0. The van der Waals surface area contributed by atoms with E-state index in [0.717, 1.165) is 12.0 Å². The van der Waals surface area contributed by atoms with Gasteiger partial charge in [-0.2, -0.15) is 22.2 Å². The molecule has 1 saturated carbocycles. The highest BCUT2D eigenvalue weighted by Crippen LogP contribution is 2.28. The van der Waals surface area contributed by atoms with E-state index in [9.17, 15) is 0 Å². The Morgan fingerprint density at radius 1 is 1.09 bits per heavy atom. The molecule has 0 aliphatic heterocycles. The van der Waals surface area contributed by atoms with Crippen LogP contribution in [0.15, 0.2) is 0 Å². The van der Waals surface area contributed by atoms with E-state index in [1.54, 1.807) is 0 Å². The summed E-state index contributed by atoms with van der Waals surface area (Å²) >= 11 is 11.6. The quantitative estimate of drug-likeness (QED) is 0.493. The van der Waals surface area contributed by atoms with Crippen molar-refractivity contribution in [3.63, 3.8) is 0 Å². The van der Waals surface area contributed by atoms with Gasteiger partial charge in [0.1, 0.15) is 0 Å². The molecule has 0 amide bonds. The Hall–Kier alpha value is 0.797. The van der Waals surface area contributed by atoms with Crippen LogP contribution in [0.5, 0.6) is 0 Å². The third-order valence-electron chi connectivity index (χ3n) is 2.52. The van der Waals surface area contributed by atoms with Crippen molar-refractivity contribution < 1.29 is 0 Å². The second-order valence-electron chi connectivity index (χ2n) is 3.47. The number of halogens is 2. The van der Waals surface area contributed by atoms with Gasteiger partial charge in [0.2, 0.25) is 7.42 Å². The number of hydrogen-bond acceptors (Lipinski definition) is 0. The Kier molecular flexibility index (Phi) is 4.89. The summed E-state index contributed by atoms with van der Waals surface area (Å²) in [5.74, 6) is 0.955. The van der Waals surface area contributed by atoms with E-state index in [-0.39, 0.29) is 0 Å². The fourth-order valence-electron chi connectivity index (χ4n) is 1.84. The van der Waals surface area contributed by atoms with Gasteiger partial charge in [-0.3, -0.25) is 0 Å². The van der Waals surface area contributed by atoms with Crippen molar-refractivity contribution in [1.29, 1.82) is 0 Å². The van der Waals surface area contributed by atoms with Crippen molar-refractivity contribution >= 4 is 29.6 Å². The monoisotopic (exact) mass is 210 g/mol. The molecule has 0 atom stereocenters. The summed E-state index contributed by atoms with van der Waals surface area (Å²) in [5, 5.41) is 0. The second kappa shape index (κ2) is 5.44. The highest BCUT2D eigenvalue weighted by Gasteiger charge is 2.14. The first-order valence-corrected chi connectivity index (χ1v) is 8.88. The van der Waals surface area contributed by atoms with Gasteiger partial charge < -0.3 is 0 Å². The minimum atomic E-state index is -1.30. The van der Waals surface area contributed by atoms with Gasteiger partial charge in [-0.15, -0.1) is 0 Å². The summed E-state index contributed by atoms with van der Waals surface area (Å²) in [5.41, 5.74) is 0. The van der Waals surface area contributed by atoms with Crippen LogP contribution in [0.2, 0.25) is 6.04 Å². The summed E-state index contributed by atoms with van der Waals surface area (Å²) in [7, 11) is -1.30. The van der Waals surface area contributed by atoms with Gasteiger partial charge in [0.15, 0.2) is 0 Å². The average molecular weight is 211 g/mol. The molecule has 0 aromatic heterocycles. The van der Waals surface area contributed by atoms with E-state index < -0.39 is 7.42 Å². The molecule has 1 fully saturated rings. The first-order valence-electron chi connectivity index (χ1n) is 4.57. The molecular formula is C8H16Cl2Si. The molecule has 0 N–H and O–H groups in total. The standard InChI is InChI=1S/C8H16Cl2Si/c9-11(10)7-6-8-4-2-1-3-5-8/h8,11H,1-7H2. The molecule has 0 bridgehead atoms. The SMILES string of the molecule is Cl[SiH](Cl)CCC1CCCCC1. The Morgan fingerprint density at radius 3 is 2.27 bits per heavy atom. The molecular weight excluding hydrogens is 195 g/mol. The zero-order valence-corrected chi connectivity index (χ0v) is 9.53. The first-order chi connectivity index (χ1) is 5.29. The van der Waals surface area contributed by atoms with Crippen molar-refractivity contribution in [2.24, 2.45) is 5.92 Å². The molecule has 0 aromatic rings. The van der Waals surface area contributed by atoms with Gasteiger partial charge in [-0.1, -0.05) is 38.5 Å². The predicted molar refractivity (Wildman–Crippen MR) is 54.9 cm³/mol. The minimum absolute atomic E-state index is 0.955. The first kappa shape index (κ1) is 9.88. The van der Waals surface area contributed by atoms with Crippen molar-refractivity contribution in [3.05, 3.63) is 0 Å². The molecule has 0 radical (unpaired) electrons. The molecule has 0 aromatic carbocycles. The molecule has 0 unspecified atom stereocenters. The molecule has 0 saturated heterocycles. The minimum Gasteiger partial charge on any atom is -0.150 e. The second-order valence-corrected chi connectivity index (χ2v) is 8.66. The van der Waals surface area contributed by atoms with Crippen LogP contribution >= 0.6 is 22.2 Å². The van der Waals surface area contributed by atoms with Gasteiger partial charge in [-0.05, 0) is 12.0 Å². The van der Waals surface area contributed by atoms with Gasteiger partial charge in [0.25, 0.3) is 0 Å². The Balaban J connectivity index is 2.05. The zero-order valence-electron chi connectivity index (χ0n) is 6.86. The van der Waals surface area contributed by atoms with Crippen LogP contribution in [0.1, 0.15) is 38.5 Å². The average Bonchev–Trinajstić information content (AvgIpc) is 2.03. The van der Waals surface area contributed by atoms with E-state index in [1.807, 2.05) is 0 Å². The van der Waals surface area contributed by atoms with Crippen LogP contribution in [0.3, 0.4) is 0 Å². The van der Waals surface area contributed by atoms with Gasteiger partial charge in [0, 0.05) is 0 Å². The highest BCUT2D eigenvalue weighted by atomic mass is 35.7. The smallest absolute Gasteiger partial charge is 0.150 e. The molecule has 1 aliphatic carbocycles. The van der Waals surface area contributed by atoms with Crippen LogP contribution < -0.4 is 0 Å². The Morgan fingerprint density at radius 2 is 1.73 bits per heavy atom. The third-order valence-corrected chi connectivity index (χ3v) is 4.60. The molecule has 1 aliphatic rings. The summed E-state index contributed by atoms with van der Waals surface area (Å²) in [6, 6.07) is 1.12. The summed E-state index contributed by atoms with van der Waals surface area (Å²) in [6.07, 6.45) is 8.45. The molecule has 3 heteroatoms. The van der Waals surface area contributed by atoms with Crippen molar-refractivity contribution in [3.8, 4) is 0 Å². The van der Waals surface area contributed by atoms with Crippen molar-refractivity contribution in [1.82, 2.24) is 0 Å². The summed E-state index contributed by atoms with van der Waals surface area (Å²) in [4.78, 5) is 0. The molecule has 11 heavy (non-hydrogen) atoms. The van der Waals surface area contributed by atoms with E-state index in [2.05, 4.69) is 0 Å². The van der Waals surface area contributed by atoms with Crippen molar-refractivity contribution in [2.45, 2.75) is 44.6 Å². The molecule has 0 spiro atoms. The van der Waals surface area contributed by atoms with E-state index in [1.165, 1.54) is 38.5 Å². The maximum atomic E-state index is 5.80. The van der Waals surface area contributed by atoms with E-state index >= 15 is 0 Å². The maximum absolute atomic E-state index is 5.80. The van der Waals surface area contributed by atoms with Gasteiger partial charge in [0.05, 0.1) is 0 Å². The lowest BCUT2D eigenvalue weighted by atomic mass is 9.88. The van der Waals surface area contributed by atoms with Crippen LogP contribution in [-0.4, -0.2) is 7.42 Å². The number of hydrogen-bond donors (Lipinski definition) is 0. The zero-order chi connectivity index (χ0) is 8.10. The lowest BCUT2D eigenvalue weighted by Gasteiger charge is -2.21. The molecule has 66 valence electrons. The summed E-state index contributed by atoms with van der Waals surface area (Å²) < 4.78 is 0. The van der Waals surface area contributed by atoms with Crippen LogP contribution in [-0.2, 0) is 0 Å². The fourth-order valence-corrected chi connectivity index (χ4v) is 3.32. The van der Waals surface area contributed by atoms with E-state index in [0.29, 0.717) is 0 Å². The number of rotatable bonds is 3. The lowest BCUT2D eigenvalue weighted by molar-refractivity contribution is 0.349. The topological polar surface area (TPSA) is 0 Å². The van der Waals surface area contributed by atoms with Gasteiger partial charge >= 0.3 is 0 Å². The molecule has 0 nitrogen and oxygen atoms in total. The molecule has 0 heterocycles. The predicted octanol–water partition coefficient (Wildman–Crippen LogP) is 3.65. The van der Waals surface area contributed by atoms with Crippen LogP contribution in [0.25, 0.3) is 0 Å². The molecule has 1 rings (SSSR count). The van der Waals surface area contributed by atoms with Crippen LogP contribution in [0.4, 0.5) is 0 Å². The Labute approximate surface area is 80.3 Å². The normalized spacial score (nSPS) is 21.0. The maximum Gasteiger partial charge on any atom is 0.237 e. The van der Waals surface area contributed by atoms with Gasteiger partial charge in [-0.25, -0.2) is 0 Å². The van der Waals surface area contributed by atoms with E-state index in [4.69, 9.17) is 22.2 Å².